The van der Waals surface area contributed by atoms with Crippen LogP contribution in [-0.2, 0) is 9.47 Å². The van der Waals surface area contributed by atoms with Crippen LogP contribution in [0.1, 0.15) is 36.8 Å². The van der Waals surface area contributed by atoms with Gasteiger partial charge in [0.15, 0.2) is 5.71 Å². The van der Waals surface area contributed by atoms with E-state index in [1.54, 1.807) is 0 Å². The number of benzene rings is 2. The number of hydrogen-bond donors (Lipinski definition) is 1. The second kappa shape index (κ2) is 17.5. The smallest absolute Gasteiger partial charge is 0.687 e. The summed E-state index contributed by atoms with van der Waals surface area (Å²) in [5.41, 5.74) is 4.63. The molecule has 4 rings (SSSR count). The maximum absolute atomic E-state index is 5.13. The van der Waals surface area contributed by atoms with E-state index in [0.29, 0.717) is 0 Å². The van der Waals surface area contributed by atoms with Gasteiger partial charge in [0, 0.05) is 32.0 Å². The first-order valence-electron chi connectivity index (χ1n) is 13.0. The Kier molecular flexibility index (Phi) is 16.1. The zero-order valence-corrected chi connectivity index (χ0v) is 27.8. The summed E-state index contributed by atoms with van der Waals surface area (Å²) in [6.45, 7) is 17.8. The summed E-state index contributed by atoms with van der Waals surface area (Å²) in [5, 5.41) is 0. The standard InChI is InChI=1S/C21H29N2Si2.2C4H8O.Na/c1-24(2,3)22-20(18-13-9-7-10-14-18)17-21(23-25(4,5)6)19-15-11-8-12-16-19;2*1-2-4-5-3-1;/h7-17H,1-6H3;2*1-4H2;/q-1;;;+1/p+1/b20-17-,23-21-;;;. The summed E-state index contributed by atoms with van der Waals surface area (Å²) in [5.74, 6) is 0. The Labute approximate surface area is 244 Å². The summed E-state index contributed by atoms with van der Waals surface area (Å²) in [7, 11) is -3.09. The Hall–Kier alpha value is -0.996. The third kappa shape index (κ3) is 15.3. The van der Waals surface area contributed by atoms with Gasteiger partial charge in [-0.3, -0.25) is 0 Å². The van der Waals surface area contributed by atoms with Crippen molar-refractivity contribution >= 4 is 27.9 Å². The number of nitrogens with one attached hydrogen (secondary N) is 1. The van der Waals surface area contributed by atoms with Crippen molar-refractivity contribution in [3.8, 4) is 0 Å². The van der Waals surface area contributed by atoms with Crippen LogP contribution in [0.15, 0.2) is 66.7 Å². The molecule has 2 aliphatic heterocycles. The second-order valence-corrected chi connectivity index (χ2v) is 20.3. The molecule has 0 amide bonds. The Morgan fingerprint density at radius 2 is 1.11 bits per heavy atom. The Balaban J connectivity index is 0.000000484. The van der Waals surface area contributed by atoms with Crippen molar-refractivity contribution in [1.29, 1.82) is 0 Å². The van der Waals surface area contributed by atoms with Gasteiger partial charge in [-0.05, 0) is 77.3 Å². The normalized spacial score (nSPS) is 16.2. The number of nitrogens with zero attached hydrogens (tertiary/aromatic N) is 1. The van der Waals surface area contributed by atoms with Crippen molar-refractivity contribution in [2.24, 2.45) is 0 Å². The molecule has 0 aliphatic carbocycles. The van der Waals surface area contributed by atoms with Gasteiger partial charge in [0.05, 0.1) is 0 Å². The predicted octanol–water partition coefficient (Wildman–Crippen LogP) is 3.24. The van der Waals surface area contributed by atoms with Crippen LogP contribution in [0.4, 0.5) is 0 Å². The first-order chi connectivity index (χ1) is 16.6. The molecule has 0 spiro atoms. The Morgan fingerprint density at radius 1 is 0.694 bits per heavy atom. The molecule has 2 aromatic rings. The van der Waals surface area contributed by atoms with E-state index in [9.17, 15) is 0 Å². The molecule has 192 valence electrons. The molecule has 1 N–H and O–H groups in total. The Morgan fingerprint density at radius 3 is 1.44 bits per heavy atom. The topological polar surface area (TPSA) is 46.5 Å². The molecule has 2 fully saturated rings. The van der Waals surface area contributed by atoms with Crippen LogP contribution in [0.5, 0.6) is 0 Å². The molecule has 7 heteroatoms. The van der Waals surface area contributed by atoms with Gasteiger partial charge in [-0.2, -0.15) is 0 Å². The zero-order chi connectivity index (χ0) is 25.6. The van der Waals surface area contributed by atoms with Gasteiger partial charge in [0.1, 0.15) is 0 Å². The first-order valence-corrected chi connectivity index (χ1v) is 19.9. The fraction of sp³-hybridized carbons (Fsp3) is 0.483. The Bertz CT molecular complexity index is 875. The van der Waals surface area contributed by atoms with Crippen molar-refractivity contribution in [3.63, 3.8) is 0 Å². The van der Waals surface area contributed by atoms with Gasteiger partial charge in [-0.15, -0.1) is 5.70 Å². The van der Waals surface area contributed by atoms with Gasteiger partial charge >= 0.3 is 37.8 Å². The van der Waals surface area contributed by atoms with Crippen molar-refractivity contribution in [2.75, 3.05) is 26.4 Å². The minimum absolute atomic E-state index is 0. The van der Waals surface area contributed by atoms with Crippen LogP contribution < -0.4 is 34.2 Å². The van der Waals surface area contributed by atoms with Crippen LogP contribution in [0.2, 0.25) is 39.3 Å². The quantitative estimate of drug-likeness (QED) is 0.458. The number of hydrogen-bond acceptors (Lipinski definition) is 2. The van der Waals surface area contributed by atoms with E-state index in [-0.39, 0.29) is 29.6 Å². The largest absolute Gasteiger partial charge is 1.00 e. The minimum atomic E-state index is -1.60. The molecule has 2 aliphatic rings. The average molecular weight is 534 g/mol. The van der Waals surface area contributed by atoms with Crippen LogP contribution in [0.3, 0.4) is 0 Å². The van der Waals surface area contributed by atoms with Crippen LogP contribution in [0, 0.1) is 0 Å². The molecule has 0 unspecified atom stereocenters. The van der Waals surface area contributed by atoms with Crippen molar-refractivity contribution in [3.05, 3.63) is 82.8 Å². The molecular formula is C29H46N2NaO2Si2+. The van der Waals surface area contributed by atoms with E-state index in [4.69, 9.17) is 14.5 Å². The van der Waals surface area contributed by atoms with E-state index < -0.39 is 16.5 Å². The molecular weight excluding hydrogens is 487 g/mol. The molecule has 4 nitrogen and oxygen atoms in total. The number of allylic oxidation sites excluding steroid dienone is 1. The SMILES string of the molecule is C1CCOC1.C1CCOC1.C[Si](C)(C)[N-]/C(=C\C(=[NH+]\[Si](C)(C)C)c1ccccc1)c1ccccc1.[Na+]. The maximum atomic E-state index is 5.13. The predicted molar refractivity (Wildman–Crippen MR) is 156 cm³/mol. The monoisotopic (exact) mass is 533 g/mol. The van der Waals surface area contributed by atoms with Gasteiger partial charge < -0.3 is 19.1 Å². The van der Waals surface area contributed by atoms with E-state index in [2.05, 4.69) is 111 Å². The second-order valence-electron chi connectivity index (χ2n) is 11.0. The summed E-state index contributed by atoms with van der Waals surface area (Å²) < 4.78 is 13.7. The summed E-state index contributed by atoms with van der Waals surface area (Å²) in [4.78, 5) is 5.13. The molecule has 0 aromatic heterocycles. The molecule has 0 saturated carbocycles. The number of ether oxygens (including phenoxy) is 2. The molecule has 0 bridgehead atoms. The fourth-order valence-electron chi connectivity index (χ4n) is 3.52. The van der Waals surface area contributed by atoms with Crippen molar-refractivity contribution in [1.82, 2.24) is 0 Å². The molecule has 2 saturated heterocycles. The van der Waals surface area contributed by atoms with Gasteiger partial charge in [-0.25, -0.2) is 0 Å². The van der Waals surface area contributed by atoms with Crippen molar-refractivity contribution in [2.45, 2.75) is 65.0 Å². The van der Waals surface area contributed by atoms with E-state index in [0.717, 1.165) is 32.1 Å². The first kappa shape index (κ1) is 33.0. The molecule has 2 heterocycles. The van der Waals surface area contributed by atoms with Crippen molar-refractivity contribution < 1.29 is 43.7 Å². The third-order valence-electron chi connectivity index (χ3n) is 5.06. The molecule has 2 aromatic carbocycles. The van der Waals surface area contributed by atoms with Gasteiger partial charge in [0.25, 0.3) is 0 Å². The van der Waals surface area contributed by atoms with Crippen LogP contribution in [-0.4, -0.2) is 48.6 Å². The average Bonchev–Trinajstić information content (AvgIpc) is 3.57. The van der Waals surface area contributed by atoms with Gasteiger partial charge in [-0.1, -0.05) is 68.2 Å². The maximum Gasteiger partial charge on any atom is 1.00 e. The number of rotatable bonds is 6. The fourth-order valence-corrected chi connectivity index (χ4v) is 5.46. The third-order valence-corrected chi connectivity index (χ3v) is 6.99. The minimum Gasteiger partial charge on any atom is -0.687 e. The zero-order valence-electron chi connectivity index (χ0n) is 23.8. The van der Waals surface area contributed by atoms with Gasteiger partial charge in [0.2, 0.25) is 0 Å². The summed E-state index contributed by atoms with van der Waals surface area (Å²) >= 11 is 0. The van der Waals surface area contributed by atoms with E-state index in [1.165, 1.54) is 42.5 Å². The summed E-state index contributed by atoms with van der Waals surface area (Å²) in [6.07, 6.45) is 7.35. The van der Waals surface area contributed by atoms with E-state index in [1.807, 2.05) is 0 Å². The van der Waals surface area contributed by atoms with Crippen LogP contribution >= 0.6 is 0 Å². The van der Waals surface area contributed by atoms with Crippen LogP contribution in [0.25, 0.3) is 10.7 Å². The van der Waals surface area contributed by atoms with E-state index >= 15 is 0 Å². The molecule has 0 atom stereocenters. The summed E-state index contributed by atoms with van der Waals surface area (Å²) in [6, 6.07) is 21.1. The molecule has 0 radical (unpaired) electrons. The molecule has 36 heavy (non-hydrogen) atoms.